The third-order valence-corrected chi connectivity index (χ3v) is 3.45. The van der Waals surface area contributed by atoms with Crippen LogP contribution in [0.4, 0.5) is 0 Å². The highest BCUT2D eigenvalue weighted by molar-refractivity contribution is 5.52. The van der Waals surface area contributed by atoms with E-state index >= 15 is 0 Å². The average molecular weight is 273 g/mol. The van der Waals surface area contributed by atoms with E-state index < -0.39 is 0 Å². The third-order valence-electron chi connectivity index (χ3n) is 3.45. The van der Waals surface area contributed by atoms with Gasteiger partial charge in [-0.3, -0.25) is 4.79 Å². The summed E-state index contributed by atoms with van der Waals surface area (Å²) in [6.45, 7) is 5.71. The van der Waals surface area contributed by atoms with E-state index in [9.17, 15) is 9.90 Å². The largest absolute Gasteiger partial charge is 0.495 e. The molecule has 0 saturated heterocycles. The number of aryl methyl sites for hydroxylation is 2. The molecule has 1 N–H and O–H groups in total. The number of benzene rings is 1. The molecule has 0 unspecified atom stereocenters. The van der Waals surface area contributed by atoms with Crippen molar-refractivity contribution in [1.82, 2.24) is 4.57 Å². The van der Waals surface area contributed by atoms with Crippen molar-refractivity contribution in [2.45, 2.75) is 27.2 Å². The van der Waals surface area contributed by atoms with Crippen LogP contribution in [0.15, 0.2) is 29.1 Å². The smallest absolute Gasteiger partial charge is 0.258 e. The molecule has 20 heavy (non-hydrogen) atoms. The van der Waals surface area contributed by atoms with Crippen molar-refractivity contribution in [1.29, 1.82) is 0 Å². The first-order valence-corrected chi connectivity index (χ1v) is 6.59. The van der Waals surface area contributed by atoms with Gasteiger partial charge in [0.25, 0.3) is 5.56 Å². The highest BCUT2D eigenvalue weighted by Crippen LogP contribution is 2.29. The lowest BCUT2D eigenvalue weighted by Crippen LogP contribution is -2.20. The van der Waals surface area contributed by atoms with Gasteiger partial charge >= 0.3 is 0 Å². The molecule has 1 aromatic heterocycles. The molecule has 4 heteroatoms. The molecule has 0 saturated carbocycles. The van der Waals surface area contributed by atoms with Crippen LogP contribution in [-0.4, -0.2) is 16.8 Å². The molecule has 0 aliphatic carbocycles. The molecule has 106 valence electrons. The van der Waals surface area contributed by atoms with E-state index in [1.165, 1.54) is 4.57 Å². The maximum atomic E-state index is 12.3. The number of hydrogen-bond donors (Lipinski definition) is 1. The SMILES string of the molecule is CCc1c(C)cc(=O)n(-c2cc(C)ccc2OC)c1O. The van der Waals surface area contributed by atoms with Gasteiger partial charge in [-0.25, -0.2) is 4.57 Å². The van der Waals surface area contributed by atoms with Crippen molar-refractivity contribution in [2.75, 3.05) is 7.11 Å². The van der Waals surface area contributed by atoms with Crippen LogP contribution in [-0.2, 0) is 6.42 Å². The Morgan fingerprint density at radius 1 is 1.25 bits per heavy atom. The Hall–Kier alpha value is -2.23. The molecule has 1 aromatic carbocycles. The summed E-state index contributed by atoms with van der Waals surface area (Å²) in [6, 6.07) is 7.07. The van der Waals surface area contributed by atoms with Crippen LogP contribution in [0.1, 0.15) is 23.6 Å². The van der Waals surface area contributed by atoms with Crippen LogP contribution in [0.2, 0.25) is 0 Å². The van der Waals surface area contributed by atoms with Gasteiger partial charge in [0.1, 0.15) is 5.75 Å². The molecule has 0 bridgehead atoms. The number of aromatic nitrogens is 1. The second-order valence-electron chi connectivity index (χ2n) is 4.83. The summed E-state index contributed by atoms with van der Waals surface area (Å²) in [6.07, 6.45) is 0.659. The Labute approximate surface area is 118 Å². The summed E-state index contributed by atoms with van der Waals surface area (Å²) in [4.78, 5) is 12.3. The number of ether oxygens (including phenoxy) is 1. The maximum Gasteiger partial charge on any atom is 0.258 e. The molecule has 2 rings (SSSR count). The summed E-state index contributed by atoms with van der Waals surface area (Å²) < 4.78 is 6.60. The van der Waals surface area contributed by atoms with E-state index in [0.717, 1.165) is 16.7 Å². The Kier molecular flexibility index (Phi) is 3.84. The van der Waals surface area contributed by atoms with Crippen molar-refractivity contribution < 1.29 is 9.84 Å². The fraction of sp³-hybridized carbons (Fsp3) is 0.312. The minimum Gasteiger partial charge on any atom is -0.495 e. The number of aromatic hydroxyl groups is 1. The molecule has 0 aliphatic heterocycles. The molecule has 0 aliphatic rings. The molecular weight excluding hydrogens is 254 g/mol. The van der Waals surface area contributed by atoms with Crippen molar-refractivity contribution in [3.8, 4) is 17.3 Å². The zero-order valence-electron chi connectivity index (χ0n) is 12.2. The second-order valence-corrected chi connectivity index (χ2v) is 4.83. The van der Waals surface area contributed by atoms with Crippen molar-refractivity contribution >= 4 is 0 Å². The van der Waals surface area contributed by atoms with Gasteiger partial charge in [-0.15, -0.1) is 0 Å². The van der Waals surface area contributed by atoms with E-state index in [1.807, 2.05) is 32.9 Å². The molecule has 0 spiro atoms. The minimum atomic E-state index is -0.263. The van der Waals surface area contributed by atoms with Crippen LogP contribution in [0.25, 0.3) is 5.69 Å². The number of nitrogens with zero attached hydrogens (tertiary/aromatic N) is 1. The quantitative estimate of drug-likeness (QED) is 0.935. The summed E-state index contributed by atoms with van der Waals surface area (Å²) in [5.41, 5.74) is 2.86. The van der Waals surface area contributed by atoms with Crippen molar-refractivity contribution in [3.05, 3.63) is 51.3 Å². The van der Waals surface area contributed by atoms with Gasteiger partial charge in [0.05, 0.1) is 12.8 Å². The number of methoxy groups -OCH3 is 1. The summed E-state index contributed by atoms with van der Waals surface area (Å²) in [5.74, 6) is 0.542. The molecule has 0 radical (unpaired) electrons. The van der Waals surface area contributed by atoms with Gasteiger partial charge in [0.15, 0.2) is 0 Å². The van der Waals surface area contributed by atoms with E-state index in [2.05, 4.69) is 0 Å². The van der Waals surface area contributed by atoms with Gasteiger partial charge < -0.3 is 9.84 Å². The van der Waals surface area contributed by atoms with Crippen LogP contribution in [0, 0.1) is 13.8 Å². The third kappa shape index (κ3) is 2.29. The molecule has 2 aromatic rings. The predicted octanol–water partition coefficient (Wildman–Crippen LogP) is 2.73. The van der Waals surface area contributed by atoms with Crippen LogP contribution >= 0.6 is 0 Å². The molecular formula is C16H19NO3. The van der Waals surface area contributed by atoms with Crippen LogP contribution in [0.5, 0.6) is 11.6 Å². The van der Waals surface area contributed by atoms with Crippen molar-refractivity contribution in [2.24, 2.45) is 0 Å². The zero-order valence-corrected chi connectivity index (χ0v) is 12.2. The number of rotatable bonds is 3. The van der Waals surface area contributed by atoms with Gasteiger partial charge in [-0.05, 0) is 43.5 Å². The highest BCUT2D eigenvalue weighted by Gasteiger charge is 2.16. The fourth-order valence-corrected chi connectivity index (χ4v) is 2.40. The van der Waals surface area contributed by atoms with Gasteiger partial charge in [0, 0.05) is 11.6 Å². The standard InChI is InChI=1S/C16H19NO3/c1-5-12-11(3)9-15(18)17(16(12)19)13-8-10(2)6-7-14(13)20-4/h6-9,19H,5H2,1-4H3. The summed E-state index contributed by atoms with van der Waals surface area (Å²) in [7, 11) is 1.55. The Balaban J connectivity index is 2.83. The van der Waals surface area contributed by atoms with Crippen LogP contribution in [0.3, 0.4) is 0 Å². The Morgan fingerprint density at radius 2 is 1.95 bits per heavy atom. The van der Waals surface area contributed by atoms with Gasteiger partial charge in [0.2, 0.25) is 5.88 Å². The topological polar surface area (TPSA) is 51.5 Å². The molecule has 0 amide bonds. The zero-order chi connectivity index (χ0) is 14.9. The minimum absolute atomic E-state index is 0.0126. The lowest BCUT2D eigenvalue weighted by atomic mass is 10.1. The van der Waals surface area contributed by atoms with Gasteiger partial charge in [-0.2, -0.15) is 0 Å². The summed E-state index contributed by atoms with van der Waals surface area (Å²) >= 11 is 0. The van der Waals surface area contributed by atoms with Crippen LogP contribution < -0.4 is 10.3 Å². The Morgan fingerprint density at radius 3 is 2.55 bits per heavy atom. The second kappa shape index (κ2) is 5.41. The first-order valence-electron chi connectivity index (χ1n) is 6.59. The predicted molar refractivity (Wildman–Crippen MR) is 79.1 cm³/mol. The monoisotopic (exact) mass is 273 g/mol. The lowest BCUT2D eigenvalue weighted by Gasteiger charge is -2.16. The Bertz CT molecular complexity index is 702. The molecule has 0 fully saturated rings. The number of pyridine rings is 1. The molecule has 1 heterocycles. The maximum absolute atomic E-state index is 12.3. The molecule has 0 atom stereocenters. The lowest BCUT2D eigenvalue weighted by molar-refractivity contribution is 0.401. The normalized spacial score (nSPS) is 10.6. The number of hydrogen-bond acceptors (Lipinski definition) is 3. The van der Waals surface area contributed by atoms with Gasteiger partial charge in [-0.1, -0.05) is 13.0 Å². The fourth-order valence-electron chi connectivity index (χ4n) is 2.40. The van der Waals surface area contributed by atoms with Crippen molar-refractivity contribution in [3.63, 3.8) is 0 Å². The first kappa shape index (κ1) is 14.2. The van der Waals surface area contributed by atoms with E-state index in [1.54, 1.807) is 19.2 Å². The first-order chi connectivity index (χ1) is 9.49. The molecule has 4 nitrogen and oxygen atoms in total. The summed E-state index contributed by atoms with van der Waals surface area (Å²) in [5, 5.41) is 10.4. The average Bonchev–Trinajstić information content (AvgIpc) is 2.39. The van der Waals surface area contributed by atoms with E-state index in [0.29, 0.717) is 17.9 Å². The van der Waals surface area contributed by atoms with E-state index in [4.69, 9.17) is 4.74 Å². The van der Waals surface area contributed by atoms with E-state index in [-0.39, 0.29) is 11.4 Å². The highest BCUT2D eigenvalue weighted by atomic mass is 16.5.